The quantitative estimate of drug-likeness (QED) is 0.923. The van der Waals surface area contributed by atoms with Gasteiger partial charge in [0.25, 0.3) is 0 Å². The van der Waals surface area contributed by atoms with Crippen molar-refractivity contribution in [2.24, 2.45) is 0 Å². The van der Waals surface area contributed by atoms with Crippen LogP contribution in [-0.4, -0.2) is 24.5 Å². The lowest BCUT2D eigenvalue weighted by atomic mass is 10.2. The summed E-state index contributed by atoms with van der Waals surface area (Å²) in [5.74, 6) is 0. The lowest BCUT2D eigenvalue weighted by Gasteiger charge is -2.09. The molecule has 0 bridgehead atoms. The topological polar surface area (TPSA) is 64.0 Å². The zero-order valence-corrected chi connectivity index (χ0v) is 14.1. The summed E-state index contributed by atoms with van der Waals surface area (Å²) in [4.78, 5) is 0. The standard InChI is InChI=1S/C13H15Cl2N3O2S/c1-8-13(17-21(3,19)20)9(2)18(16-8)7-10-11(14)5-4-6-12(10)15/h4-6,17H,7H2,1-3H3. The average Bonchev–Trinajstić information content (AvgIpc) is 2.60. The molecule has 0 aliphatic heterocycles. The van der Waals surface area contributed by atoms with Crippen LogP contribution in [0, 0.1) is 13.8 Å². The third kappa shape index (κ3) is 3.70. The molecule has 0 amide bonds. The van der Waals surface area contributed by atoms with Gasteiger partial charge in [-0.05, 0) is 26.0 Å². The van der Waals surface area contributed by atoms with E-state index < -0.39 is 10.0 Å². The van der Waals surface area contributed by atoms with Gasteiger partial charge in [0.15, 0.2) is 0 Å². The smallest absolute Gasteiger partial charge is 0.229 e. The Labute approximate surface area is 133 Å². The Morgan fingerprint density at radius 3 is 2.33 bits per heavy atom. The molecule has 1 N–H and O–H groups in total. The summed E-state index contributed by atoms with van der Waals surface area (Å²) in [6, 6.07) is 5.28. The van der Waals surface area contributed by atoms with Crippen molar-refractivity contribution < 1.29 is 8.42 Å². The summed E-state index contributed by atoms with van der Waals surface area (Å²) in [6.07, 6.45) is 1.11. The molecule has 0 fully saturated rings. The number of hydrogen-bond acceptors (Lipinski definition) is 3. The number of rotatable bonds is 4. The molecular weight excluding hydrogens is 333 g/mol. The number of hydrogen-bond donors (Lipinski definition) is 1. The first-order chi connectivity index (χ1) is 9.69. The minimum Gasteiger partial charge on any atom is -0.280 e. The predicted octanol–water partition coefficient (Wildman–Crippen LogP) is 3.23. The fraction of sp³-hybridized carbons (Fsp3) is 0.308. The third-order valence-corrected chi connectivity index (χ3v) is 4.32. The van der Waals surface area contributed by atoms with Gasteiger partial charge >= 0.3 is 0 Å². The van der Waals surface area contributed by atoms with Crippen LogP contribution in [0.2, 0.25) is 10.0 Å². The second kappa shape index (κ2) is 5.87. The Morgan fingerprint density at radius 1 is 1.24 bits per heavy atom. The van der Waals surface area contributed by atoms with Gasteiger partial charge in [-0.25, -0.2) is 8.42 Å². The molecule has 2 rings (SSSR count). The number of nitrogens with one attached hydrogen (secondary N) is 1. The molecule has 114 valence electrons. The van der Waals surface area contributed by atoms with E-state index in [4.69, 9.17) is 23.2 Å². The SMILES string of the molecule is Cc1nn(Cc2c(Cl)cccc2Cl)c(C)c1NS(C)(=O)=O. The number of sulfonamides is 1. The maximum atomic E-state index is 11.4. The van der Waals surface area contributed by atoms with Crippen LogP contribution in [0.25, 0.3) is 0 Å². The number of anilines is 1. The zero-order chi connectivity index (χ0) is 15.8. The van der Waals surface area contributed by atoms with Crippen LogP contribution in [-0.2, 0) is 16.6 Å². The molecule has 0 atom stereocenters. The Kier molecular flexibility index (Phi) is 4.51. The average molecular weight is 348 g/mol. The predicted molar refractivity (Wildman–Crippen MR) is 85.7 cm³/mol. The molecule has 0 aliphatic rings. The van der Waals surface area contributed by atoms with Gasteiger partial charge in [-0.15, -0.1) is 0 Å². The van der Waals surface area contributed by atoms with E-state index in [0.717, 1.165) is 11.8 Å². The third-order valence-electron chi connectivity index (χ3n) is 3.04. The fourth-order valence-electron chi connectivity index (χ4n) is 2.02. The van der Waals surface area contributed by atoms with Gasteiger partial charge in [0, 0.05) is 15.6 Å². The highest BCUT2D eigenvalue weighted by Gasteiger charge is 2.16. The summed E-state index contributed by atoms with van der Waals surface area (Å²) in [5, 5.41) is 5.44. The van der Waals surface area contributed by atoms with Crippen molar-refractivity contribution >= 4 is 38.9 Å². The summed E-state index contributed by atoms with van der Waals surface area (Å²) in [7, 11) is -3.35. The molecule has 0 spiro atoms. The zero-order valence-electron chi connectivity index (χ0n) is 11.8. The fourth-order valence-corrected chi connectivity index (χ4v) is 3.20. The van der Waals surface area contributed by atoms with E-state index in [9.17, 15) is 8.42 Å². The van der Waals surface area contributed by atoms with Crippen molar-refractivity contribution in [1.82, 2.24) is 9.78 Å². The van der Waals surface area contributed by atoms with Crippen molar-refractivity contribution in [2.75, 3.05) is 11.0 Å². The van der Waals surface area contributed by atoms with Crippen LogP contribution in [0.1, 0.15) is 17.0 Å². The minimum absolute atomic E-state index is 0.372. The van der Waals surface area contributed by atoms with Crippen molar-refractivity contribution in [1.29, 1.82) is 0 Å². The Hall–Kier alpha value is -1.24. The Bertz CT molecular complexity index is 765. The molecule has 5 nitrogen and oxygen atoms in total. The molecule has 0 saturated heterocycles. The van der Waals surface area contributed by atoms with Gasteiger partial charge in [0.05, 0.1) is 29.9 Å². The van der Waals surface area contributed by atoms with Crippen molar-refractivity contribution in [3.63, 3.8) is 0 Å². The maximum Gasteiger partial charge on any atom is 0.229 e. The number of halogens is 2. The normalized spacial score (nSPS) is 11.7. The molecule has 21 heavy (non-hydrogen) atoms. The highest BCUT2D eigenvalue weighted by atomic mass is 35.5. The summed E-state index contributed by atoms with van der Waals surface area (Å²) in [6.45, 7) is 3.90. The Morgan fingerprint density at radius 2 is 1.81 bits per heavy atom. The molecule has 0 radical (unpaired) electrons. The van der Waals surface area contributed by atoms with Crippen LogP contribution in [0.3, 0.4) is 0 Å². The first-order valence-corrected chi connectivity index (χ1v) is 8.78. The van der Waals surface area contributed by atoms with Crippen molar-refractivity contribution in [3.8, 4) is 0 Å². The molecule has 0 aliphatic carbocycles. The van der Waals surface area contributed by atoms with Crippen LogP contribution in [0.5, 0.6) is 0 Å². The van der Waals surface area contributed by atoms with Crippen LogP contribution >= 0.6 is 23.2 Å². The molecule has 2 aromatic rings. The first-order valence-electron chi connectivity index (χ1n) is 6.13. The Balaban J connectivity index is 2.41. The lowest BCUT2D eigenvalue weighted by Crippen LogP contribution is -2.11. The second-order valence-corrected chi connectivity index (χ2v) is 7.34. The van der Waals surface area contributed by atoms with E-state index in [1.165, 1.54) is 0 Å². The van der Waals surface area contributed by atoms with E-state index in [1.54, 1.807) is 36.7 Å². The molecule has 0 unspecified atom stereocenters. The lowest BCUT2D eigenvalue weighted by molar-refractivity contribution is 0.606. The number of nitrogens with zero attached hydrogens (tertiary/aromatic N) is 2. The van der Waals surface area contributed by atoms with Gasteiger partial charge < -0.3 is 0 Å². The summed E-state index contributed by atoms with van der Waals surface area (Å²) in [5.41, 5.74) is 2.54. The summed E-state index contributed by atoms with van der Waals surface area (Å²) < 4.78 is 26.9. The van der Waals surface area contributed by atoms with Gasteiger partial charge in [-0.2, -0.15) is 5.10 Å². The number of benzene rings is 1. The van der Waals surface area contributed by atoms with Crippen molar-refractivity contribution in [2.45, 2.75) is 20.4 Å². The van der Waals surface area contributed by atoms with Crippen molar-refractivity contribution in [3.05, 3.63) is 45.2 Å². The molecule has 0 saturated carbocycles. The number of aryl methyl sites for hydroxylation is 1. The first kappa shape index (κ1) is 16.1. The molecule has 1 aromatic carbocycles. The summed E-state index contributed by atoms with van der Waals surface area (Å²) >= 11 is 12.3. The minimum atomic E-state index is -3.35. The second-order valence-electron chi connectivity index (χ2n) is 4.78. The highest BCUT2D eigenvalue weighted by molar-refractivity contribution is 7.92. The van der Waals surface area contributed by atoms with E-state index >= 15 is 0 Å². The monoisotopic (exact) mass is 347 g/mol. The maximum absolute atomic E-state index is 11.4. The highest BCUT2D eigenvalue weighted by Crippen LogP contribution is 2.27. The van der Waals surface area contributed by atoms with Gasteiger partial charge in [-0.1, -0.05) is 29.3 Å². The van der Waals surface area contributed by atoms with E-state index in [2.05, 4.69) is 9.82 Å². The van der Waals surface area contributed by atoms with Gasteiger partial charge in [0.1, 0.15) is 0 Å². The molecular formula is C13H15Cl2N3O2S. The van der Waals surface area contributed by atoms with Crippen LogP contribution < -0.4 is 4.72 Å². The van der Waals surface area contributed by atoms with Gasteiger partial charge in [-0.3, -0.25) is 9.40 Å². The van der Waals surface area contributed by atoms with E-state index in [0.29, 0.717) is 33.7 Å². The van der Waals surface area contributed by atoms with E-state index in [1.807, 2.05) is 0 Å². The number of aromatic nitrogens is 2. The van der Waals surface area contributed by atoms with E-state index in [-0.39, 0.29) is 0 Å². The van der Waals surface area contributed by atoms with Crippen LogP contribution in [0.4, 0.5) is 5.69 Å². The van der Waals surface area contributed by atoms with Gasteiger partial charge in [0.2, 0.25) is 10.0 Å². The largest absolute Gasteiger partial charge is 0.280 e. The van der Waals surface area contributed by atoms with Crippen LogP contribution in [0.15, 0.2) is 18.2 Å². The molecule has 1 heterocycles. The molecule has 1 aromatic heterocycles. The molecule has 8 heteroatoms.